The van der Waals surface area contributed by atoms with E-state index >= 15 is 0 Å². The first-order valence-corrected chi connectivity index (χ1v) is 3.48. The molecule has 0 aromatic rings. The van der Waals surface area contributed by atoms with Gasteiger partial charge in [0.2, 0.25) is 0 Å². The predicted molar refractivity (Wildman–Crippen MR) is 57.6 cm³/mol. The first-order chi connectivity index (χ1) is 5.04. The van der Waals surface area contributed by atoms with Crippen molar-refractivity contribution in [2.75, 3.05) is 0 Å². The maximum atomic E-state index is 9.60. The van der Waals surface area contributed by atoms with Crippen LogP contribution in [0.3, 0.4) is 0 Å². The number of hydrogen-bond donors (Lipinski definition) is 2. The van der Waals surface area contributed by atoms with Crippen molar-refractivity contribution in [2.45, 2.75) is 33.1 Å². The monoisotopic (exact) mass is 582 g/mol. The molecule has 0 aliphatic carbocycles. The normalized spacial score (nSPS) is 6.62. The van der Waals surface area contributed by atoms with Crippen molar-refractivity contribution in [3.05, 3.63) is 0 Å². The van der Waals surface area contributed by atoms with Crippen LogP contribution in [-0.4, -0.2) is 76.7 Å². The molecule has 6 heteroatoms. The van der Waals surface area contributed by atoms with Crippen molar-refractivity contribution in [3.8, 4) is 0 Å². The second kappa shape index (κ2) is 18.5. The fraction of sp³-hybridized carbons (Fsp3) is 0.714. The maximum absolute atomic E-state index is 9.60. The van der Waals surface area contributed by atoms with Crippen LogP contribution in [0.15, 0.2) is 0 Å². The predicted octanol–water partition coefficient (Wildman–Crippen LogP) is -0.480. The van der Waals surface area contributed by atoms with Crippen LogP contribution in [0.5, 0.6) is 0 Å². The van der Waals surface area contributed by atoms with E-state index in [1.54, 1.807) is 6.92 Å². The Kier molecular flexibility index (Phi) is 33.6. The molecule has 13 heavy (non-hydrogen) atoms. The molecule has 0 aromatic heterocycles. The van der Waals surface area contributed by atoms with Crippen LogP contribution < -0.4 is 0 Å². The Balaban J connectivity index is -0.0000000546. The summed E-state index contributed by atoms with van der Waals surface area (Å²) in [5.41, 5.74) is 0. The fourth-order valence-electron chi connectivity index (χ4n) is 0.214. The van der Waals surface area contributed by atoms with Gasteiger partial charge < -0.3 is 10.2 Å². The Bertz CT molecular complexity index is 128. The van der Waals surface area contributed by atoms with Crippen LogP contribution in [0.2, 0.25) is 0 Å². The third-order valence-corrected chi connectivity index (χ3v) is 0.766. The summed E-state index contributed by atoms with van der Waals surface area (Å²) < 4.78 is 0. The molecule has 4 radical (unpaired) electrons. The van der Waals surface area contributed by atoms with Gasteiger partial charge >= 0.3 is 66.5 Å². The number of carboxylic acids is 2. The molecule has 78 valence electrons. The summed E-state index contributed by atoms with van der Waals surface area (Å²) >= 11 is 0. The van der Waals surface area contributed by atoms with Gasteiger partial charge in [0.15, 0.2) is 0 Å². The van der Waals surface area contributed by atoms with E-state index in [2.05, 4.69) is 0 Å². The molecule has 0 saturated carbocycles. The van der Waals surface area contributed by atoms with Gasteiger partial charge in [-0.15, -0.1) is 0 Å². The van der Waals surface area contributed by atoms with Crippen LogP contribution in [0.25, 0.3) is 0 Å². The number of carbonyl (C=O) groups is 2. The summed E-state index contributed by atoms with van der Waals surface area (Å²) in [6, 6.07) is 0. The van der Waals surface area contributed by atoms with Gasteiger partial charge in [-0.1, -0.05) is 13.8 Å². The van der Waals surface area contributed by atoms with E-state index in [0.29, 0.717) is 6.42 Å². The van der Waals surface area contributed by atoms with Crippen LogP contribution in [0.1, 0.15) is 33.1 Å². The topological polar surface area (TPSA) is 74.6 Å². The van der Waals surface area contributed by atoms with Gasteiger partial charge in [0.1, 0.15) is 0 Å². The number of carboxylic acid groups (broad SMARTS) is 2. The first-order valence-electron chi connectivity index (χ1n) is 3.48. The van der Waals surface area contributed by atoms with Crippen LogP contribution in [0, 0.1) is 0 Å². The number of hydrogen-bond acceptors (Lipinski definition) is 2. The van der Waals surface area contributed by atoms with E-state index in [4.69, 9.17) is 10.2 Å². The van der Waals surface area contributed by atoms with E-state index in [1.165, 1.54) is 0 Å². The van der Waals surface area contributed by atoms with Crippen molar-refractivity contribution < 1.29 is 19.8 Å². The van der Waals surface area contributed by atoms with Crippen LogP contribution in [-0.2, 0) is 9.59 Å². The molecule has 0 aromatic carbocycles. The van der Waals surface area contributed by atoms with E-state index in [-0.39, 0.29) is 61.0 Å². The SMILES string of the molecule is CCC(=O)O.CCCC(=O)O.[PbH2].[PbH2]. The molecule has 4 nitrogen and oxygen atoms in total. The van der Waals surface area contributed by atoms with E-state index < -0.39 is 11.9 Å². The minimum absolute atomic E-state index is 0. The molecule has 0 atom stereocenters. The second-order valence-electron chi connectivity index (χ2n) is 1.89. The quantitative estimate of drug-likeness (QED) is 0.443. The summed E-state index contributed by atoms with van der Waals surface area (Å²) in [4.78, 5) is 19.0. The van der Waals surface area contributed by atoms with Crippen LogP contribution >= 0.6 is 0 Å². The average molecular weight is 581 g/mol. The van der Waals surface area contributed by atoms with Gasteiger partial charge in [0.25, 0.3) is 0 Å². The molecular formula is C7H18O4Pb2. The van der Waals surface area contributed by atoms with Gasteiger partial charge in [0, 0.05) is 12.8 Å². The molecule has 0 bridgehead atoms. The van der Waals surface area contributed by atoms with Crippen molar-refractivity contribution >= 4 is 66.5 Å². The van der Waals surface area contributed by atoms with E-state index in [0.717, 1.165) is 6.42 Å². The molecule has 0 rings (SSSR count). The minimum atomic E-state index is -0.745. The second-order valence-corrected chi connectivity index (χ2v) is 1.89. The summed E-state index contributed by atoms with van der Waals surface area (Å²) in [7, 11) is 0. The Morgan fingerprint density at radius 1 is 1.00 bits per heavy atom. The zero-order chi connectivity index (χ0) is 9.28. The Hall–Kier alpha value is 0.784. The van der Waals surface area contributed by atoms with Crippen LogP contribution in [0.4, 0.5) is 0 Å². The number of aliphatic carboxylic acids is 2. The third-order valence-electron chi connectivity index (χ3n) is 0.766. The Morgan fingerprint density at radius 2 is 1.31 bits per heavy atom. The van der Waals surface area contributed by atoms with Crippen molar-refractivity contribution in [1.29, 1.82) is 0 Å². The molecule has 0 aliphatic heterocycles. The van der Waals surface area contributed by atoms with E-state index in [9.17, 15) is 9.59 Å². The number of rotatable bonds is 3. The average Bonchev–Trinajstić information content (AvgIpc) is 1.89. The third kappa shape index (κ3) is 44.4. The molecular weight excluding hydrogens is 562 g/mol. The molecule has 0 aliphatic rings. The molecule has 2 N–H and O–H groups in total. The fourth-order valence-corrected chi connectivity index (χ4v) is 0.214. The van der Waals surface area contributed by atoms with Gasteiger partial charge in [-0.25, -0.2) is 0 Å². The standard InChI is InChI=1S/C4H8O2.C3H6O2.2Pb.4H/c1-2-3-4(5)6;1-2-3(4)5;;;;;;/h2-3H2,1H3,(H,5,6);2H2,1H3,(H,4,5);;;;;;. The van der Waals surface area contributed by atoms with Gasteiger partial charge in [0.05, 0.1) is 0 Å². The van der Waals surface area contributed by atoms with Crippen molar-refractivity contribution in [1.82, 2.24) is 0 Å². The summed E-state index contributed by atoms with van der Waals surface area (Å²) in [5.74, 6) is -1.46. The van der Waals surface area contributed by atoms with Crippen molar-refractivity contribution in [2.24, 2.45) is 0 Å². The van der Waals surface area contributed by atoms with Gasteiger partial charge in [-0.05, 0) is 6.42 Å². The summed E-state index contributed by atoms with van der Waals surface area (Å²) in [5, 5.41) is 15.6. The Labute approximate surface area is 118 Å². The summed E-state index contributed by atoms with van der Waals surface area (Å²) in [6.07, 6.45) is 1.25. The van der Waals surface area contributed by atoms with Gasteiger partial charge in [-0.3, -0.25) is 9.59 Å². The van der Waals surface area contributed by atoms with Gasteiger partial charge in [-0.2, -0.15) is 0 Å². The molecule has 0 spiro atoms. The van der Waals surface area contributed by atoms with E-state index in [1.807, 2.05) is 6.92 Å². The zero-order valence-electron chi connectivity index (χ0n) is 8.25. The Morgan fingerprint density at radius 3 is 1.31 bits per heavy atom. The zero-order valence-corrected chi connectivity index (χ0v) is 19.2. The van der Waals surface area contributed by atoms with Crippen molar-refractivity contribution in [3.63, 3.8) is 0 Å². The molecule has 0 amide bonds. The summed E-state index contributed by atoms with van der Waals surface area (Å²) in [6.45, 7) is 3.44. The first kappa shape index (κ1) is 23.5. The molecule has 0 heterocycles. The molecule has 0 fully saturated rings. The molecule has 0 saturated heterocycles. The molecule has 0 unspecified atom stereocenters.